The standard InChI is InChI=1S/C10H8BrFN2O2/c11-7-1-6(2-8(12)3-7)5-14-9(15)4-13-10(14)16/h1-3H,4-5H2,(H,13,16). The van der Waals surface area contributed by atoms with Crippen LogP contribution in [0.4, 0.5) is 9.18 Å². The van der Waals surface area contributed by atoms with Crippen LogP contribution in [0, 0.1) is 5.82 Å². The molecule has 0 unspecified atom stereocenters. The van der Waals surface area contributed by atoms with Gasteiger partial charge in [-0.25, -0.2) is 9.18 Å². The fraction of sp³-hybridized carbons (Fsp3) is 0.200. The predicted molar refractivity (Wildman–Crippen MR) is 58.0 cm³/mol. The van der Waals surface area contributed by atoms with Gasteiger partial charge in [0.25, 0.3) is 0 Å². The summed E-state index contributed by atoms with van der Waals surface area (Å²) in [7, 11) is 0. The average Bonchev–Trinajstić information content (AvgIpc) is 2.48. The van der Waals surface area contributed by atoms with Crippen LogP contribution < -0.4 is 5.32 Å². The van der Waals surface area contributed by atoms with Gasteiger partial charge in [-0.3, -0.25) is 9.69 Å². The third kappa shape index (κ3) is 2.21. The Morgan fingerprint density at radius 2 is 2.12 bits per heavy atom. The molecular weight excluding hydrogens is 279 g/mol. The van der Waals surface area contributed by atoms with Gasteiger partial charge in [0, 0.05) is 4.47 Å². The lowest BCUT2D eigenvalue weighted by atomic mass is 10.2. The van der Waals surface area contributed by atoms with Gasteiger partial charge in [-0.2, -0.15) is 0 Å². The van der Waals surface area contributed by atoms with Crippen LogP contribution in [0.5, 0.6) is 0 Å². The molecular formula is C10H8BrFN2O2. The number of rotatable bonds is 2. The number of nitrogens with zero attached hydrogens (tertiary/aromatic N) is 1. The molecule has 16 heavy (non-hydrogen) atoms. The smallest absolute Gasteiger partial charge is 0.324 e. The number of hydrogen-bond donors (Lipinski definition) is 1. The lowest BCUT2D eigenvalue weighted by Gasteiger charge is -2.12. The zero-order chi connectivity index (χ0) is 11.7. The Hall–Kier alpha value is -1.43. The van der Waals surface area contributed by atoms with Crippen molar-refractivity contribution in [3.05, 3.63) is 34.1 Å². The summed E-state index contributed by atoms with van der Waals surface area (Å²) >= 11 is 3.15. The van der Waals surface area contributed by atoms with E-state index in [9.17, 15) is 14.0 Å². The molecule has 1 heterocycles. The number of carbonyl (C=O) groups is 2. The Balaban J connectivity index is 2.20. The number of carbonyl (C=O) groups excluding carboxylic acids is 2. The number of amides is 3. The van der Waals surface area contributed by atoms with Crippen molar-refractivity contribution < 1.29 is 14.0 Å². The third-order valence-electron chi connectivity index (χ3n) is 2.20. The van der Waals surface area contributed by atoms with E-state index >= 15 is 0 Å². The summed E-state index contributed by atoms with van der Waals surface area (Å²) in [5, 5.41) is 2.40. The minimum Gasteiger partial charge on any atom is -0.329 e. The van der Waals surface area contributed by atoms with Crippen molar-refractivity contribution in [2.75, 3.05) is 6.54 Å². The molecule has 0 aliphatic carbocycles. The molecule has 0 radical (unpaired) electrons. The Bertz CT molecular complexity index is 428. The molecule has 84 valence electrons. The van der Waals surface area contributed by atoms with Crippen LogP contribution in [0.3, 0.4) is 0 Å². The first-order chi connectivity index (χ1) is 7.56. The summed E-state index contributed by atoms with van der Waals surface area (Å²) in [4.78, 5) is 23.6. The van der Waals surface area contributed by atoms with Gasteiger partial charge < -0.3 is 5.32 Å². The fourth-order valence-electron chi connectivity index (χ4n) is 1.50. The molecule has 0 atom stereocenters. The minimum atomic E-state index is -0.439. The average molecular weight is 287 g/mol. The molecule has 1 aromatic carbocycles. The second-order valence-corrected chi connectivity index (χ2v) is 4.33. The van der Waals surface area contributed by atoms with E-state index in [-0.39, 0.29) is 19.0 Å². The monoisotopic (exact) mass is 286 g/mol. The van der Waals surface area contributed by atoms with Gasteiger partial charge >= 0.3 is 6.03 Å². The fourth-order valence-corrected chi connectivity index (χ4v) is 2.01. The van der Waals surface area contributed by atoms with Gasteiger partial charge in [0.1, 0.15) is 5.82 Å². The van der Waals surface area contributed by atoms with Gasteiger partial charge in [-0.1, -0.05) is 15.9 Å². The maximum atomic E-state index is 13.1. The number of hydrogen-bond acceptors (Lipinski definition) is 2. The Morgan fingerprint density at radius 3 is 2.69 bits per heavy atom. The van der Waals surface area contributed by atoms with E-state index in [0.29, 0.717) is 10.0 Å². The van der Waals surface area contributed by atoms with Crippen LogP contribution in [0.1, 0.15) is 5.56 Å². The first-order valence-corrected chi connectivity index (χ1v) is 5.39. The van der Waals surface area contributed by atoms with Gasteiger partial charge in [0.15, 0.2) is 0 Å². The van der Waals surface area contributed by atoms with Crippen molar-refractivity contribution >= 4 is 27.9 Å². The zero-order valence-electron chi connectivity index (χ0n) is 8.17. The number of halogens is 2. The SMILES string of the molecule is O=C1CNC(=O)N1Cc1cc(F)cc(Br)c1. The van der Waals surface area contributed by atoms with E-state index in [4.69, 9.17) is 0 Å². The molecule has 3 amide bonds. The highest BCUT2D eigenvalue weighted by Gasteiger charge is 2.28. The summed E-state index contributed by atoms with van der Waals surface area (Å²) in [6.07, 6.45) is 0. The maximum absolute atomic E-state index is 13.1. The molecule has 0 saturated carbocycles. The minimum absolute atomic E-state index is 0.00924. The summed E-state index contributed by atoms with van der Waals surface area (Å²) < 4.78 is 13.6. The van der Waals surface area contributed by atoms with Crippen LogP contribution >= 0.6 is 15.9 Å². The highest BCUT2D eigenvalue weighted by molar-refractivity contribution is 9.10. The van der Waals surface area contributed by atoms with E-state index < -0.39 is 11.8 Å². The molecule has 1 N–H and O–H groups in total. The first-order valence-electron chi connectivity index (χ1n) is 4.59. The molecule has 1 fully saturated rings. The molecule has 4 nitrogen and oxygen atoms in total. The molecule has 1 aliphatic heterocycles. The van der Waals surface area contributed by atoms with Gasteiger partial charge in [-0.05, 0) is 23.8 Å². The highest BCUT2D eigenvalue weighted by Crippen LogP contribution is 2.17. The van der Waals surface area contributed by atoms with Crippen LogP contribution in [-0.4, -0.2) is 23.4 Å². The third-order valence-corrected chi connectivity index (χ3v) is 2.66. The quantitative estimate of drug-likeness (QED) is 0.841. The lowest BCUT2D eigenvalue weighted by Crippen LogP contribution is -2.30. The molecule has 1 saturated heterocycles. The summed E-state index contributed by atoms with van der Waals surface area (Å²) in [6.45, 7) is 0.0936. The lowest BCUT2D eigenvalue weighted by molar-refractivity contribution is -0.125. The van der Waals surface area contributed by atoms with Gasteiger partial charge in [-0.15, -0.1) is 0 Å². The number of benzene rings is 1. The topological polar surface area (TPSA) is 49.4 Å². The molecule has 0 aromatic heterocycles. The van der Waals surface area contributed by atoms with E-state index in [1.54, 1.807) is 6.07 Å². The van der Waals surface area contributed by atoms with E-state index in [2.05, 4.69) is 21.2 Å². The normalized spacial score (nSPS) is 15.5. The van der Waals surface area contributed by atoms with Crippen molar-refractivity contribution in [1.29, 1.82) is 0 Å². The van der Waals surface area contributed by atoms with E-state index in [0.717, 1.165) is 4.90 Å². The summed E-state index contributed by atoms with van der Waals surface area (Å²) in [5.74, 6) is -0.707. The Labute approximate surface area is 99.6 Å². The molecule has 1 aliphatic rings. The molecule has 0 spiro atoms. The molecule has 6 heteroatoms. The van der Waals surface area contributed by atoms with Crippen LogP contribution in [0.25, 0.3) is 0 Å². The Morgan fingerprint density at radius 1 is 1.38 bits per heavy atom. The van der Waals surface area contributed by atoms with Crippen LogP contribution in [0.2, 0.25) is 0 Å². The van der Waals surface area contributed by atoms with Crippen molar-refractivity contribution in [3.63, 3.8) is 0 Å². The van der Waals surface area contributed by atoms with E-state index in [1.165, 1.54) is 12.1 Å². The van der Waals surface area contributed by atoms with Crippen molar-refractivity contribution in [2.45, 2.75) is 6.54 Å². The second-order valence-electron chi connectivity index (χ2n) is 3.42. The summed E-state index contributed by atoms with van der Waals surface area (Å²) in [5.41, 5.74) is 0.567. The largest absolute Gasteiger partial charge is 0.329 e. The van der Waals surface area contributed by atoms with Crippen LogP contribution in [-0.2, 0) is 11.3 Å². The summed E-state index contributed by atoms with van der Waals surface area (Å²) in [6, 6.07) is 3.84. The number of imide groups is 1. The van der Waals surface area contributed by atoms with Crippen LogP contribution in [0.15, 0.2) is 22.7 Å². The molecule has 2 rings (SSSR count). The molecule has 1 aromatic rings. The first kappa shape index (κ1) is 11.1. The predicted octanol–water partition coefficient (Wildman–Crippen LogP) is 1.64. The Kier molecular flexibility index (Phi) is 2.91. The number of nitrogens with one attached hydrogen (secondary N) is 1. The highest BCUT2D eigenvalue weighted by atomic mass is 79.9. The maximum Gasteiger partial charge on any atom is 0.324 e. The van der Waals surface area contributed by atoms with Crippen molar-refractivity contribution in [3.8, 4) is 0 Å². The second kappa shape index (κ2) is 4.21. The van der Waals surface area contributed by atoms with Crippen molar-refractivity contribution in [2.24, 2.45) is 0 Å². The molecule has 0 bridgehead atoms. The van der Waals surface area contributed by atoms with E-state index in [1.807, 2.05) is 0 Å². The van der Waals surface area contributed by atoms with Gasteiger partial charge in [0.2, 0.25) is 5.91 Å². The van der Waals surface area contributed by atoms with Gasteiger partial charge in [0.05, 0.1) is 13.1 Å². The van der Waals surface area contributed by atoms with Crippen molar-refractivity contribution in [1.82, 2.24) is 10.2 Å². The zero-order valence-corrected chi connectivity index (χ0v) is 9.75. The number of urea groups is 1.